The number of hydrogen-bond acceptors (Lipinski definition) is 9. The summed E-state index contributed by atoms with van der Waals surface area (Å²) in [4.78, 5) is 15.8. The number of nitrogens with zero attached hydrogens (tertiary/aromatic N) is 8. The molecule has 2 N–H and O–H groups in total. The van der Waals surface area contributed by atoms with Crippen molar-refractivity contribution in [3.05, 3.63) is 29.8 Å². The zero-order chi connectivity index (χ0) is 21.7. The number of nitrogens with one attached hydrogen (secondary N) is 2. The first-order chi connectivity index (χ1) is 14.0. The van der Waals surface area contributed by atoms with E-state index in [0.717, 1.165) is 4.52 Å². The van der Waals surface area contributed by atoms with E-state index in [-0.39, 0.29) is 23.3 Å². The van der Waals surface area contributed by atoms with Crippen LogP contribution in [0.25, 0.3) is 17.4 Å². The second-order valence-electron chi connectivity index (χ2n) is 7.66. The van der Waals surface area contributed by atoms with Crippen LogP contribution in [0.5, 0.6) is 0 Å². The minimum atomic E-state index is -4.69. The Labute approximate surface area is 167 Å². The Hall–Kier alpha value is -3.58. The van der Waals surface area contributed by atoms with E-state index in [1.165, 1.54) is 6.33 Å². The Morgan fingerprint density at radius 1 is 1.17 bits per heavy atom. The first kappa shape index (κ1) is 19.7. The average Bonchev–Trinajstić information content (AvgIpc) is 3.36. The molecule has 4 rings (SSSR count). The maximum absolute atomic E-state index is 13.1. The van der Waals surface area contributed by atoms with Gasteiger partial charge in [-0.05, 0) is 12.3 Å². The molecule has 14 heteroatoms. The summed E-state index contributed by atoms with van der Waals surface area (Å²) in [7, 11) is 0. The zero-order valence-electron chi connectivity index (χ0n) is 16.4. The molecule has 30 heavy (non-hydrogen) atoms. The summed E-state index contributed by atoms with van der Waals surface area (Å²) >= 11 is 0. The number of alkyl halides is 3. The summed E-state index contributed by atoms with van der Waals surface area (Å²) < 4.78 is 45.6. The number of aromatic nitrogens is 9. The van der Waals surface area contributed by atoms with Gasteiger partial charge in [0.25, 0.3) is 11.6 Å². The molecule has 4 aromatic heterocycles. The van der Waals surface area contributed by atoms with Gasteiger partial charge in [-0.15, -0.1) is 5.10 Å². The van der Waals surface area contributed by atoms with E-state index in [1.54, 1.807) is 13.0 Å². The van der Waals surface area contributed by atoms with Crippen LogP contribution in [0.4, 0.5) is 19.0 Å². The third kappa shape index (κ3) is 3.67. The van der Waals surface area contributed by atoms with Gasteiger partial charge in [0.05, 0.1) is 0 Å². The molecule has 0 aliphatic carbocycles. The fourth-order valence-corrected chi connectivity index (χ4v) is 2.77. The summed E-state index contributed by atoms with van der Waals surface area (Å²) in [5, 5.41) is 17.0. The molecule has 1 atom stereocenters. The fourth-order valence-electron chi connectivity index (χ4n) is 2.77. The molecule has 0 unspecified atom stereocenters. The number of halogens is 3. The molecule has 0 aliphatic rings. The number of H-pyrrole nitrogens is 1. The Balaban J connectivity index is 1.76. The number of rotatable bonds is 4. The molecule has 0 saturated carbocycles. The summed E-state index contributed by atoms with van der Waals surface area (Å²) in [5.74, 6) is -0.458. The van der Waals surface area contributed by atoms with Crippen molar-refractivity contribution in [2.24, 2.45) is 5.41 Å². The Morgan fingerprint density at radius 3 is 2.57 bits per heavy atom. The molecule has 0 saturated heterocycles. The standard InChI is InChI=1S/C16H17F3N10O/c1-7-5-8(29-14(22-7)25-13(27-29)16(17,18)19)23-9(15(2,3)4)12-24-11(28-30-12)10-20-6-21-26-10/h5-6,9,23H,1-4H3,(H,20,21,26)/t9-/m1/s1. The van der Waals surface area contributed by atoms with E-state index in [2.05, 4.69) is 45.7 Å². The van der Waals surface area contributed by atoms with Crippen LogP contribution in [0, 0.1) is 12.3 Å². The third-order valence-corrected chi connectivity index (χ3v) is 4.17. The van der Waals surface area contributed by atoms with Gasteiger partial charge in [-0.2, -0.15) is 32.8 Å². The Morgan fingerprint density at radius 2 is 1.93 bits per heavy atom. The van der Waals surface area contributed by atoms with Gasteiger partial charge in [0, 0.05) is 11.8 Å². The maximum Gasteiger partial charge on any atom is 0.453 e. The SMILES string of the molecule is Cc1cc(N[C@H](c2nc(-c3ncn[nH]3)no2)C(C)(C)C)n2nc(C(F)(F)F)nc2n1. The van der Waals surface area contributed by atoms with Gasteiger partial charge in [0.15, 0.2) is 5.82 Å². The Bertz CT molecular complexity index is 1170. The molecule has 0 fully saturated rings. The molecule has 0 bridgehead atoms. The van der Waals surface area contributed by atoms with E-state index in [1.807, 2.05) is 20.8 Å². The highest BCUT2D eigenvalue weighted by molar-refractivity contribution is 5.47. The van der Waals surface area contributed by atoms with Crippen molar-refractivity contribution in [3.63, 3.8) is 0 Å². The van der Waals surface area contributed by atoms with Gasteiger partial charge < -0.3 is 9.84 Å². The average molecular weight is 422 g/mol. The minimum Gasteiger partial charge on any atom is -0.358 e. The summed E-state index contributed by atoms with van der Waals surface area (Å²) in [6, 6.07) is 0.985. The molecule has 4 heterocycles. The predicted molar refractivity (Wildman–Crippen MR) is 96.0 cm³/mol. The monoisotopic (exact) mass is 422 g/mol. The topological polar surface area (TPSA) is 136 Å². The van der Waals surface area contributed by atoms with Crippen LogP contribution < -0.4 is 5.32 Å². The van der Waals surface area contributed by atoms with Crippen LogP contribution in [0.3, 0.4) is 0 Å². The highest BCUT2D eigenvalue weighted by atomic mass is 19.4. The smallest absolute Gasteiger partial charge is 0.358 e. The molecule has 158 valence electrons. The van der Waals surface area contributed by atoms with E-state index in [0.29, 0.717) is 11.5 Å². The minimum absolute atomic E-state index is 0.176. The van der Waals surface area contributed by atoms with Gasteiger partial charge in [0.2, 0.25) is 11.7 Å². The summed E-state index contributed by atoms with van der Waals surface area (Å²) in [6.07, 6.45) is -3.38. The Kier molecular flexibility index (Phi) is 4.43. The van der Waals surface area contributed by atoms with Gasteiger partial charge >= 0.3 is 6.18 Å². The third-order valence-electron chi connectivity index (χ3n) is 4.17. The molecular weight excluding hydrogens is 405 g/mol. The van der Waals surface area contributed by atoms with E-state index in [9.17, 15) is 13.2 Å². The number of hydrogen-bond donors (Lipinski definition) is 2. The molecule has 0 amide bonds. The van der Waals surface area contributed by atoms with Gasteiger partial charge in [0.1, 0.15) is 18.2 Å². The highest BCUT2D eigenvalue weighted by Gasteiger charge is 2.37. The molecule has 0 spiro atoms. The van der Waals surface area contributed by atoms with Crippen molar-refractivity contribution < 1.29 is 17.7 Å². The van der Waals surface area contributed by atoms with E-state index < -0.39 is 23.5 Å². The molecular formula is C16H17F3N10O. The number of aryl methyl sites for hydroxylation is 1. The zero-order valence-corrected chi connectivity index (χ0v) is 16.4. The lowest BCUT2D eigenvalue weighted by atomic mass is 9.86. The van der Waals surface area contributed by atoms with E-state index >= 15 is 0 Å². The van der Waals surface area contributed by atoms with Crippen molar-refractivity contribution in [1.29, 1.82) is 0 Å². The molecule has 0 aromatic carbocycles. The maximum atomic E-state index is 13.1. The summed E-state index contributed by atoms with van der Waals surface area (Å²) in [5.41, 5.74) is -0.00558. The highest BCUT2D eigenvalue weighted by Crippen LogP contribution is 2.36. The number of anilines is 1. The second-order valence-corrected chi connectivity index (χ2v) is 7.66. The normalized spacial score (nSPS) is 13.7. The van der Waals surface area contributed by atoms with Crippen LogP contribution in [0.15, 0.2) is 16.9 Å². The van der Waals surface area contributed by atoms with Crippen molar-refractivity contribution in [3.8, 4) is 11.6 Å². The lowest BCUT2D eigenvalue weighted by molar-refractivity contribution is -0.144. The molecule has 4 aromatic rings. The predicted octanol–water partition coefficient (Wildman–Crippen LogP) is 2.82. The molecule has 0 radical (unpaired) electrons. The van der Waals surface area contributed by atoms with Crippen molar-refractivity contribution in [2.45, 2.75) is 39.9 Å². The lowest BCUT2D eigenvalue weighted by Gasteiger charge is -2.29. The number of fused-ring (bicyclic) bond motifs is 1. The first-order valence-electron chi connectivity index (χ1n) is 8.80. The number of aromatic amines is 1. The lowest BCUT2D eigenvalue weighted by Crippen LogP contribution is -2.27. The van der Waals surface area contributed by atoms with Gasteiger partial charge in [-0.1, -0.05) is 25.9 Å². The van der Waals surface area contributed by atoms with Crippen molar-refractivity contribution in [1.82, 2.24) is 44.9 Å². The first-order valence-corrected chi connectivity index (χ1v) is 8.80. The second kappa shape index (κ2) is 6.74. The molecule has 11 nitrogen and oxygen atoms in total. The van der Waals surface area contributed by atoms with Crippen LogP contribution in [-0.2, 0) is 6.18 Å². The van der Waals surface area contributed by atoms with Gasteiger partial charge in [-0.25, -0.2) is 9.97 Å². The fraction of sp³-hybridized carbons (Fsp3) is 0.438. The van der Waals surface area contributed by atoms with Crippen LogP contribution in [0.2, 0.25) is 0 Å². The van der Waals surface area contributed by atoms with Crippen LogP contribution in [0.1, 0.15) is 44.2 Å². The van der Waals surface area contributed by atoms with Crippen LogP contribution >= 0.6 is 0 Å². The van der Waals surface area contributed by atoms with E-state index in [4.69, 9.17) is 4.52 Å². The van der Waals surface area contributed by atoms with Crippen molar-refractivity contribution >= 4 is 11.6 Å². The quantitative estimate of drug-likeness (QED) is 0.509. The van der Waals surface area contributed by atoms with Gasteiger partial charge in [-0.3, -0.25) is 5.10 Å². The molecule has 0 aliphatic heterocycles. The van der Waals surface area contributed by atoms with Crippen molar-refractivity contribution in [2.75, 3.05) is 5.32 Å². The van der Waals surface area contributed by atoms with Crippen LogP contribution in [-0.4, -0.2) is 44.9 Å². The largest absolute Gasteiger partial charge is 0.453 e. The summed E-state index contributed by atoms with van der Waals surface area (Å²) in [6.45, 7) is 7.39.